The molecule has 0 spiro atoms. The number of amides is 1. The molecule has 0 atom stereocenters. The number of carbonyl (C=O) groups excluding carboxylic acids is 1. The van der Waals surface area contributed by atoms with Gasteiger partial charge in [0.2, 0.25) is 0 Å². The molecule has 8 nitrogen and oxygen atoms in total. The van der Waals surface area contributed by atoms with Crippen molar-refractivity contribution in [2.45, 2.75) is 26.8 Å². The highest BCUT2D eigenvalue weighted by Crippen LogP contribution is 2.32. The molecular formula is C21H22N6O2. The third-order valence-electron chi connectivity index (χ3n) is 5.48. The minimum absolute atomic E-state index is 0.258. The number of aryl methyl sites for hydroxylation is 2. The number of hydrogen-bond acceptors (Lipinski definition) is 6. The van der Waals surface area contributed by atoms with Crippen LogP contribution in [-0.2, 0) is 17.7 Å². The summed E-state index contributed by atoms with van der Waals surface area (Å²) in [4.78, 5) is 15.9. The van der Waals surface area contributed by atoms with Crippen molar-refractivity contribution in [3.05, 3.63) is 58.9 Å². The Morgan fingerprint density at radius 2 is 1.86 bits per heavy atom. The minimum atomic E-state index is -0.258. The molecule has 5 rings (SSSR count). The second kappa shape index (κ2) is 6.88. The van der Waals surface area contributed by atoms with Crippen LogP contribution in [0.1, 0.15) is 22.5 Å². The number of anilines is 2. The monoisotopic (exact) mass is 390 g/mol. The number of hydrogen-bond donors (Lipinski definition) is 0. The maximum absolute atomic E-state index is 12.0. The first-order valence-corrected chi connectivity index (χ1v) is 9.77. The molecule has 2 aliphatic rings. The van der Waals surface area contributed by atoms with Gasteiger partial charge in [0.05, 0.1) is 17.9 Å². The van der Waals surface area contributed by atoms with Gasteiger partial charge in [0.25, 0.3) is 0 Å². The molecule has 2 aromatic heterocycles. The van der Waals surface area contributed by atoms with Crippen molar-refractivity contribution in [3.63, 3.8) is 0 Å². The SMILES string of the molecule is Cc1cc(C)n(-c2ccc(N3CCc4c(cccc4N4CCOC4=O)C3)nn2)n1. The van der Waals surface area contributed by atoms with E-state index in [2.05, 4.69) is 26.3 Å². The van der Waals surface area contributed by atoms with Crippen molar-refractivity contribution in [2.24, 2.45) is 0 Å². The Labute approximate surface area is 168 Å². The van der Waals surface area contributed by atoms with Crippen LogP contribution in [0.3, 0.4) is 0 Å². The third-order valence-corrected chi connectivity index (χ3v) is 5.48. The summed E-state index contributed by atoms with van der Waals surface area (Å²) in [5.41, 5.74) is 5.38. The summed E-state index contributed by atoms with van der Waals surface area (Å²) in [6.07, 6.45) is 0.586. The predicted molar refractivity (Wildman–Crippen MR) is 109 cm³/mol. The Morgan fingerprint density at radius 3 is 2.55 bits per heavy atom. The van der Waals surface area contributed by atoms with Crippen molar-refractivity contribution < 1.29 is 9.53 Å². The topological polar surface area (TPSA) is 76.4 Å². The molecule has 2 aliphatic heterocycles. The second-order valence-corrected chi connectivity index (χ2v) is 7.44. The number of benzene rings is 1. The lowest BCUT2D eigenvalue weighted by Crippen LogP contribution is -2.33. The molecular weight excluding hydrogens is 368 g/mol. The fourth-order valence-corrected chi connectivity index (χ4v) is 4.11. The van der Waals surface area contributed by atoms with Crippen molar-refractivity contribution >= 4 is 17.6 Å². The summed E-state index contributed by atoms with van der Waals surface area (Å²) in [6, 6.07) is 12.1. The van der Waals surface area contributed by atoms with Crippen LogP contribution in [0.4, 0.5) is 16.3 Å². The average molecular weight is 390 g/mol. The van der Waals surface area contributed by atoms with E-state index in [1.807, 2.05) is 44.2 Å². The molecule has 4 heterocycles. The Kier molecular flexibility index (Phi) is 4.19. The van der Waals surface area contributed by atoms with Gasteiger partial charge >= 0.3 is 6.09 Å². The maximum atomic E-state index is 12.0. The number of cyclic esters (lactones) is 1. The quantitative estimate of drug-likeness (QED) is 0.685. The molecule has 1 saturated heterocycles. The van der Waals surface area contributed by atoms with Gasteiger partial charge < -0.3 is 9.64 Å². The van der Waals surface area contributed by atoms with E-state index in [-0.39, 0.29) is 6.09 Å². The largest absolute Gasteiger partial charge is 0.447 e. The summed E-state index contributed by atoms with van der Waals surface area (Å²) in [5.74, 6) is 1.55. The summed E-state index contributed by atoms with van der Waals surface area (Å²) >= 11 is 0. The normalized spacial score (nSPS) is 16.1. The van der Waals surface area contributed by atoms with Gasteiger partial charge in [-0.3, -0.25) is 4.90 Å². The number of rotatable bonds is 3. The van der Waals surface area contributed by atoms with Gasteiger partial charge in [-0.15, -0.1) is 10.2 Å². The number of ether oxygens (including phenoxy) is 1. The van der Waals surface area contributed by atoms with Crippen LogP contribution in [0.25, 0.3) is 5.82 Å². The highest BCUT2D eigenvalue weighted by atomic mass is 16.6. The van der Waals surface area contributed by atoms with E-state index in [9.17, 15) is 4.79 Å². The van der Waals surface area contributed by atoms with Crippen molar-refractivity contribution in [1.82, 2.24) is 20.0 Å². The van der Waals surface area contributed by atoms with Crippen LogP contribution in [0.5, 0.6) is 0 Å². The van der Waals surface area contributed by atoms with Crippen LogP contribution >= 0.6 is 0 Å². The highest BCUT2D eigenvalue weighted by molar-refractivity contribution is 5.90. The smallest absolute Gasteiger partial charge is 0.414 e. The van der Waals surface area contributed by atoms with Crippen molar-refractivity contribution in [3.8, 4) is 5.82 Å². The summed E-state index contributed by atoms with van der Waals surface area (Å²) in [5, 5.41) is 13.3. The Morgan fingerprint density at radius 1 is 1.03 bits per heavy atom. The van der Waals surface area contributed by atoms with Crippen LogP contribution in [0, 0.1) is 13.8 Å². The van der Waals surface area contributed by atoms with Gasteiger partial charge in [0.15, 0.2) is 11.6 Å². The van der Waals surface area contributed by atoms with Crippen molar-refractivity contribution in [2.75, 3.05) is 29.5 Å². The highest BCUT2D eigenvalue weighted by Gasteiger charge is 2.28. The zero-order chi connectivity index (χ0) is 20.0. The zero-order valence-corrected chi connectivity index (χ0v) is 16.5. The fraction of sp³-hybridized carbons (Fsp3) is 0.333. The van der Waals surface area contributed by atoms with E-state index in [4.69, 9.17) is 4.74 Å². The lowest BCUT2D eigenvalue weighted by atomic mass is 9.97. The van der Waals surface area contributed by atoms with Gasteiger partial charge in [-0.1, -0.05) is 12.1 Å². The molecule has 8 heteroatoms. The van der Waals surface area contributed by atoms with E-state index < -0.39 is 0 Å². The van der Waals surface area contributed by atoms with E-state index in [0.717, 1.165) is 42.4 Å². The molecule has 29 heavy (non-hydrogen) atoms. The van der Waals surface area contributed by atoms with Crippen molar-refractivity contribution in [1.29, 1.82) is 0 Å². The average Bonchev–Trinajstić information content (AvgIpc) is 3.31. The molecule has 1 aromatic carbocycles. The Bertz CT molecular complexity index is 1080. The second-order valence-electron chi connectivity index (χ2n) is 7.44. The molecule has 0 saturated carbocycles. The molecule has 148 valence electrons. The standard InChI is InChI=1S/C21H22N6O2/c1-14-12-15(2)27(24-14)20-7-6-19(22-23-20)25-9-8-17-16(13-25)4-3-5-18(17)26-10-11-29-21(26)28/h3-7,12H,8-11,13H2,1-2H3. The lowest BCUT2D eigenvalue weighted by molar-refractivity contribution is 0.181. The Balaban J connectivity index is 1.39. The molecule has 3 aromatic rings. The summed E-state index contributed by atoms with van der Waals surface area (Å²) in [7, 11) is 0. The third kappa shape index (κ3) is 3.10. The van der Waals surface area contributed by atoms with E-state index in [0.29, 0.717) is 19.0 Å². The summed E-state index contributed by atoms with van der Waals surface area (Å²) < 4.78 is 6.91. The van der Waals surface area contributed by atoms with Gasteiger partial charge in [-0.05, 0) is 55.7 Å². The number of nitrogens with zero attached hydrogens (tertiary/aromatic N) is 6. The first kappa shape index (κ1) is 17.7. The van der Waals surface area contributed by atoms with Crippen LogP contribution < -0.4 is 9.80 Å². The van der Waals surface area contributed by atoms with Crippen LogP contribution in [-0.4, -0.2) is 45.8 Å². The van der Waals surface area contributed by atoms with Crippen LogP contribution in [0.2, 0.25) is 0 Å². The van der Waals surface area contributed by atoms with E-state index in [1.165, 1.54) is 11.1 Å². The number of aromatic nitrogens is 4. The maximum Gasteiger partial charge on any atom is 0.414 e. The Hall–Kier alpha value is -3.42. The van der Waals surface area contributed by atoms with E-state index >= 15 is 0 Å². The first-order valence-electron chi connectivity index (χ1n) is 9.77. The number of carbonyl (C=O) groups is 1. The lowest BCUT2D eigenvalue weighted by Gasteiger charge is -2.31. The minimum Gasteiger partial charge on any atom is -0.447 e. The van der Waals surface area contributed by atoms with Gasteiger partial charge in [0, 0.05) is 18.8 Å². The summed E-state index contributed by atoms with van der Waals surface area (Å²) in [6.45, 7) is 6.59. The van der Waals surface area contributed by atoms with Gasteiger partial charge in [-0.2, -0.15) is 5.10 Å². The number of fused-ring (bicyclic) bond motifs is 1. The molecule has 0 bridgehead atoms. The molecule has 0 unspecified atom stereocenters. The molecule has 1 fully saturated rings. The molecule has 0 radical (unpaired) electrons. The molecule has 1 amide bonds. The molecule has 0 aliphatic carbocycles. The zero-order valence-electron chi connectivity index (χ0n) is 16.5. The van der Waals surface area contributed by atoms with E-state index in [1.54, 1.807) is 9.58 Å². The first-order chi connectivity index (χ1) is 14.1. The van der Waals surface area contributed by atoms with Gasteiger partial charge in [0.1, 0.15) is 6.61 Å². The predicted octanol–water partition coefficient (Wildman–Crippen LogP) is 2.80. The van der Waals surface area contributed by atoms with Crippen LogP contribution in [0.15, 0.2) is 36.4 Å². The van der Waals surface area contributed by atoms with Gasteiger partial charge in [-0.25, -0.2) is 9.48 Å². The molecule has 0 N–H and O–H groups in total. The fourth-order valence-electron chi connectivity index (χ4n) is 4.11.